The van der Waals surface area contributed by atoms with Crippen LogP contribution in [0.3, 0.4) is 0 Å². The molecule has 6 heteroatoms. The predicted molar refractivity (Wildman–Crippen MR) is 41.7 cm³/mol. The molecule has 1 atom stereocenters. The Hall–Kier alpha value is -1.14. The highest BCUT2D eigenvalue weighted by Gasteiger charge is 2.23. The molecule has 0 bridgehead atoms. The van der Waals surface area contributed by atoms with Crippen LogP contribution in [0.1, 0.15) is 6.42 Å². The van der Waals surface area contributed by atoms with Gasteiger partial charge in [0.05, 0.1) is 12.5 Å². The minimum absolute atomic E-state index is 0.0856. The Bertz CT molecular complexity index is 194. The van der Waals surface area contributed by atoms with Crippen molar-refractivity contribution in [1.82, 2.24) is 16.1 Å². The van der Waals surface area contributed by atoms with Crippen molar-refractivity contribution in [3.05, 3.63) is 0 Å². The van der Waals surface area contributed by atoms with E-state index in [-0.39, 0.29) is 18.2 Å². The highest BCUT2D eigenvalue weighted by Crippen LogP contribution is 1.94. The van der Waals surface area contributed by atoms with Gasteiger partial charge in [0.2, 0.25) is 11.8 Å². The van der Waals surface area contributed by atoms with Gasteiger partial charge in [0, 0.05) is 13.1 Å². The summed E-state index contributed by atoms with van der Waals surface area (Å²) < 4.78 is 0. The summed E-state index contributed by atoms with van der Waals surface area (Å²) in [5.74, 6) is 4.38. The fourth-order valence-corrected chi connectivity index (χ4v) is 1.06. The van der Waals surface area contributed by atoms with E-state index in [1.54, 1.807) is 0 Å². The fraction of sp³-hybridized carbons (Fsp3) is 0.667. The van der Waals surface area contributed by atoms with Gasteiger partial charge in [-0.25, -0.2) is 5.84 Å². The molecule has 0 radical (unpaired) electrons. The molecule has 0 aromatic heterocycles. The summed E-state index contributed by atoms with van der Waals surface area (Å²) in [6.45, 7) is 1.30. The number of amides is 2. The van der Waals surface area contributed by atoms with E-state index in [2.05, 4.69) is 10.6 Å². The maximum absolute atomic E-state index is 11.1. The maximum atomic E-state index is 11.1. The van der Waals surface area contributed by atoms with Crippen molar-refractivity contribution in [3.63, 3.8) is 0 Å². The third-order valence-corrected chi connectivity index (χ3v) is 1.68. The SMILES string of the molecule is NNC(=O)C[C@H]1NCCNC1=O. The van der Waals surface area contributed by atoms with Gasteiger partial charge in [-0.05, 0) is 0 Å². The first-order chi connectivity index (χ1) is 5.74. The van der Waals surface area contributed by atoms with E-state index in [0.29, 0.717) is 13.1 Å². The number of nitrogens with two attached hydrogens (primary N) is 1. The Balaban J connectivity index is 2.39. The van der Waals surface area contributed by atoms with Crippen LogP contribution in [0.15, 0.2) is 0 Å². The number of carbonyl (C=O) groups is 2. The van der Waals surface area contributed by atoms with E-state index in [0.717, 1.165) is 0 Å². The molecule has 1 rings (SSSR count). The van der Waals surface area contributed by atoms with Crippen LogP contribution in [0.2, 0.25) is 0 Å². The van der Waals surface area contributed by atoms with Crippen LogP contribution in [0.5, 0.6) is 0 Å². The van der Waals surface area contributed by atoms with E-state index < -0.39 is 6.04 Å². The highest BCUT2D eigenvalue weighted by atomic mass is 16.2. The van der Waals surface area contributed by atoms with Gasteiger partial charge in [0.1, 0.15) is 0 Å². The fourth-order valence-electron chi connectivity index (χ4n) is 1.06. The number of piperazine rings is 1. The standard InChI is InChI=1S/C6H12N4O2/c7-10-5(11)3-4-6(12)9-2-1-8-4/h4,8H,1-3,7H2,(H,9,12)(H,10,11)/t4-/m1/s1. The van der Waals surface area contributed by atoms with Gasteiger partial charge in [0.15, 0.2) is 0 Å². The van der Waals surface area contributed by atoms with Gasteiger partial charge in [-0.2, -0.15) is 0 Å². The average Bonchev–Trinajstić information content (AvgIpc) is 2.09. The summed E-state index contributed by atoms with van der Waals surface area (Å²) in [4.78, 5) is 21.8. The monoisotopic (exact) mass is 172 g/mol. The van der Waals surface area contributed by atoms with Crippen molar-refractivity contribution < 1.29 is 9.59 Å². The zero-order chi connectivity index (χ0) is 8.97. The highest BCUT2D eigenvalue weighted by molar-refractivity contribution is 5.88. The van der Waals surface area contributed by atoms with E-state index in [9.17, 15) is 9.59 Å². The van der Waals surface area contributed by atoms with E-state index >= 15 is 0 Å². The van der Waals surface area contributed by atoms with Gasteiger partial charge >= 0.3 is 0 Å². The first-order valence-corrected chi connectivity index (χ1v) is 3.74. The van der Waals surface area contributed by atoms with Crippen LogP contribution in [0.25, 0.3) is 0 Å². The zero-order valence-corrected chi connectivity index (χ0v) is 6.59. The molecule has 0 saturated carbocycles. The van der Waals surface area contributed by atoms with Crippen molar-refractivity contribution >= 4 is 11.8 Å². The Morgan fingerprint density at radius 2 is 2.42 bits per heavy atom. The zero-order valence-electron chi connectivity index (χ0n) is 6.59. The summed E-state index contributed by atoms with van der Waals surface area (Å²) in [7, 11) is 0. The molecule has 0 unspecified atom stereocenters. The number of hydrogen-bond donors (Lipinski definition) is 4. The van der Waals surface area contributed by atoms with Crippen molar-refractivity contribution in [3.8, 4) is 0 Å². The lowest BCUT2D eigenvalue weighted by molar-refractivity contribution is -0.129. The first kappa shape index (κ1) is 8.95. The van der Waals surface area contributed by atoms with E-state index in [4.69, 9.17) is 5.84 Å². The van der Waals surface area contributed by atoms with E-state index in [1.807, 2.05) is 5.43 Å². The molecule has 1 fully saturated rings. The van der Waals surface area contributed by atoms with Crippen LogP contribution < -0.4 is 21.9 Å². The summed E-state index contributed by atoms with van der Waals surface area (Å²) in [6.07, 6.45) is 0.0856. The van der Waals surface area contributed by atoms with Crippen LogP contribution in [0.4, 0.5) is 0 Å². The van der Waals surface area contributed by atoms with Crippen LogP contribution >= 0.6 is 0 Å². The second kappa shape index (κ2) is 4.03. The van der Waals surface area contributed by atoms with Crippen LogP contribution in [0, 0.1) is 0 Å². The normalized spacial score (nSPS) is 23.1. The molecule has 1 aliphatic heterocycles. The van der Waals surface area contributed by atoms with Gasteiger partial charge in [-0.15, -0.1) is 0 Å². The third-order valence-electron chi connectivity index (χ3n) is 1.68. The minimum atomic E-state index is -0.442. The van der Waals surface area contributed by atoms with Gasteiger partial charge in [-0.3, -0.25) is 15.0 Å². The quantitative estimate of drug-likeness (QED) is 0.209. The molecular weight excluding hydrogens is 160 g/mol. The summed E-state index contributed by atoms with van der Waals surface area (Å²) >= 11 is 0. The number of hydrazine groups is 1. The number of carbonyl (C=O) groups excluding carboxylic acids is 2. The number of hydrogen-bond acceptors (Lipinski definition) is 4. The first-order valence-electron chi connectivity index (χ1n) is 3.74. The van der Waals surface area contributed by atoms with Crippen molar-refractivity contribution in [2.24, 2.45) is 5.84 Å². The Labute approximate surface area is 69.8 Å². The van der Waals surface area contributed by atoms with Crippen molar-refractivity contribution in [1.29, 1.82) is 0 Å². The second-order valence-corrected chi connectivity index (χ2v) is 2.57. The minimum Gasteiger partial charge on any atom is -0.353 e. The Morgan fingerprint density at radius 1 is 1.67 bits per heavy atom. The van der Waals surface area contributed by atoms with E-state index in [1.165, 1.54) is 0 Å². The lowest BCUT2D eigenvalue weighted by atomic mass is 10.1. The Kier molecular flexibility index (Phi) is 3.01. The summed E-state index contributed by atoms with van der Waals surface area (Å²) in [6, 6.07) is -0.442. The van der Waals surface area contributed by atoms with Gasteiger partial charge in [-0.1, -0.05) is 0 Å². The molecule has 1 aliphatic rings. The molecule has 0 aromatic carbocycles. The summed E-state index contributed by atoms with van der Waals surface area (Å²) in [5.41, 5.74) is 1.97. The number of nitrogens with one attached hydrogen (secondary N) is 3. The molecule has 12 heavy (non-hydrogen) atoms. The molecule has 0 aliphatic carbocycles. The average molecular weight is 172 g/mol. The smallest absolute Gasteiger partial charge is 0.237 e. The predicted octanol–water partition coefficient (Wildman–Crippen LogP) is -2.55. The largest absolute Gasteiger partial charge is 0.353 e. The van der Waals surface area contributed by atoms with Crippen molar-refractivity contribution in [2.75, 3.05) is 13.1 Å². The molecule has 5 N–H and O–H groups in total. The second-order valence-electron chi connectivity index (χ2n) is 2.57. The molecule has 0 aromatic rings. The summed E-state index contributed by atoms with van der Waals surface area (Å²) in [5, 5.41) is 5.54. The number of rotatable bonds is 2. The molecular formula is C6H12N4O2. The molecule has 68 valence electrons. The third kappa shape index (κ3) is 2.18. The molecule has 6 nitrogen and oxygen atoms in total. The van der Waals surface area contributed by atoms with Crippen molar-refractivity contribution in [2.45, 2.75) is 12.5 Å². The molecule has 1 saturated heterocycles. The van der Waals surface area contributed by atoms with Crippen LogP contribution in [-0.4, -0.2) is 30.9 Å². The molecule has 2 amide bonds. The maximum Gasteiger partial charge on any atom is 0.237 e. The van der Waals surface area contributed by atoms with Gasteiger partial charge < -0.3 is 10.6 Å². The van der Waals surface area contributed by atoms with Gasteiger partial charge in [0.25, 0.3) is 0 Å². The Morgan fingerprint density at radius 3 is 3.00 bits per heavy atom. The topological polar surface area (TPSA) is 96.2 Å². The lowest BCUT2D eigenvalue weighted by Gasteiger charge is -2.22. The lowest BCUT2D eigenvalue weighted by Crippen LogP contribution is -2.54. The molecule has 0 spiro atoms. The molecule has 1 heterocycles. The van der Waals surface area contributed by atoms with Crippen LogP contribution in [-0.2, 0) is 9.59 Å².